The number of carbonyl (C=O) groups is 2. The Morgan fingerprint density at radius 1 is 1.09 bits per heavy atom. The van der Waals surface area contributed by atoms with E-state index in [1.165, 1.54) is 12.8 Å². The number of rotatable bonds is 8. The van der Waals surface area contributed by atoms with Crippen LogP contribution in [0.4, 0.5) is 0 Å². The van der Waals surface area contributed by atoms with E-state index in [4.69, 9.17) is 9.47 Å². The summed E-state index contributed by atoms with van der Waals surface area (Å²) in [5, 5.41) is 0. The first-order valence-corrected chi connectivity index (χ1v) is 7.88. The highest BCUT2D eigenvalue weighted by Gasteiger charge is 2.12. The Kier molecular flexibility index (Phi) is 13.5. The normalized spacial score (nSPS) is 10.0. The summed E-state index contributed by atoms with van der Waals surface area (Å²) in [5.74, 6) is -0.610. The van der Waals surface area contributed by atoms with Crippen molar-refractivity contribution in [2.75, 3.05) is 6.61 Å². The molecule has 0 aromatic heterocycles. The van der Waals surface area contributed by atoms with Crippen molar-refractivity contribution in [3.8, 4) is 0 Å². The number of esters is 2. The second-order valence-corrected chi connectivity index (χ2v) is 5.89. The minimum absolute atomic E-state index is 0.237. The Balaban J connectivity index is 0. The van der Waals surface area contributed by atoms with E-state index < -0.39 is 5.60 Å². The highest BCUT2D eigenvalue weighted by molar-refractivity contribution is 5.87. The van der Waals surface area contributed by atoms with Crippen molar-refractivity contribution in [2.24, 2.45) is 0 Å². The average Bonchev–Trinajstić information content (AvgIpc) is 2.44. The molecule has 0 atom stereocenters. The van der Waals surface area contributed by atoms with E-state index in [0.717, 1.165) is 18.9 Å². The fourth-order valence-corrected chi connectivity index (χ4v) is 1.28. The minimum Gasteiger partial charge on any atom is -0.462 e. The zero-order chi connectivity index (χ0) is 17.6. The third-order valence-electron chi connectivity index (χ3n) is 2.52. The Morgan fingerprint density at radius 2 is 1.68 bits per heavy atom. The van der Waals surface area contributed by atoms with E-state index in [-0.39, 0.29) is 11.9 Å². The Morgan fingerprint density at radius 3 is 2.05 bits per heavy atom. The van der Waals surface area contributed by atoms with Gasteiger partial charge >= 0.3 is 11.9 Å². The number of hydrogen-bond acceptors (Lipinski definition) is 4. The molecule has 0 rings (SSSR count). The molecule has 0 N–H and O–H groups in total. The molecule has 22 heavy (non-hydrogen) atoms. The van der Waals surface area contributed by atoms with E-state index in [2.05, 4.69) is 20.1 Å². The van der Waals surface area contributed by atoms with Crippen molar-refractivity contribution in [3.63, 3.8) is 0 Å². The third kappa shape index (κ3) is 16.5. The molecule has 0 spiro atoms. The summed E-state index contributed by atoms with van der Waals surface area (Å²) in [7, 11) is 0. The molecule has 4 nitrogen and oxygen atoms in total. The highest BCUT2D eigenvalue weighted by Crippen LogP contribution is 2.06. The SMILES string of the molecule is C=C(CC)C(=O)OCCCCCC.C=CC(=O)OC(C)(C)C. The van der Waals surface area contributed by atoms with E-state index in [0.29, 0.717) is 18.6 Å². The van der Waals surface area contributed by atoms with Gasteiger partial charge in [0.1, 0.15) is 5.60 Å². The summed E-state index contributed by atoms with van der Waals surface area (Å²) in [6.45, 7) is 16.9. The lowest BCUT2D eigenvalue weighted by molar-refractivity contribution is -0.148. The smallest absolute Gasteiger partial charge is 0.333 e. The second kappa shape index (κ2) is 13.1. The molecule has 0 heterocycles. The van der Waals surface area contributed by atoms with E-state index >= 15 is 0 Å². The molecule has 0 saturated heterocycles. The molecule has 0 bridgehead atoms. The summed E-state index contributed by atoms with van der Waals surface area (Å²) in [4.78, 5) is 21.6. The third-order valence-corrected chi connectivity index (χ3v) is 2.52. The lowest BCUT2D eigenvalue weighted by Gasteiger charge is -2.17. The maximum Gasteiger partial charge on any atom is 0.333 e. The first-order chi connectivity index (χ1) is 10.2. The molecule has 0 aromatic rings. The monoisotopic (exact) mass is 312 g/mol. The van der Waals surface area contributed by atoms with Gasteiger partial charge in [-0.3, -0.25) is 0 Å². The van der Waals surface area contributed by atoms with Crippen LogP contribution in [0.3, 0.4) is 0 Å². The van der Waals surface area contributed by atoms with Crippen LogP contribution in [0.25, 0.3) is 0 Å². The van der Waals surface area contributed by atoms with Crippen LogP contribution in [0.2, 0.25) is 0 Å². The molecule has 0 fully saturated rings. The van der Waals surface area contributed by atoms with Crippen molar-refractivity contribution in [1.82, 2.24) is 0 Å². The van der Waals surface area contributed by atoms with Crippen LogP contribution in [-0.2, 0) is 19.1 Å². The van der Waals surface area contributed by atoms with Gasteiger partial charge in [-0.05, 0) is 33.6 Å². The first kappa shape index (κ1) is 22.7. The summed E-state index contributed by atoms with van der Waals surface area (Å²) >= 11 is 0. The van der Waals surface area contributed by atoms with Crippen molar-refractivity contribution in [2.45, 2.75) is 72.3 Å². The van der Waals surface area contributed by atoms with E-state index in [1.54, 1.807) is 0 Å². The predicted molar refractivity (Wildman–Crippen MR) is 90.6 cm³/mol. The molecule has 0 aliphatic carbocycles. The largest absolute Gasteiger partial charge is 0.462 e. The first-order valence-electron chi connectivity index (χ1n) is 7.88. The standard InChI is InChI=1S/C11H20O2.C7H12O2/c1-4-6-7-8-9-13-11(12)10(3)5-2;1-5-6(8)9-7(2,3)4/h3-9H2,1-2H3;5H,1H2,2-4H3. The zero-order valence-electron chi connectivity index (χ0n) is 14.9. The predicted octanol–water partition coefficient (Wildman–Crippen LogP) is 4.59. The Bertz CT molecular complexity index is 351. The van der Waals surface area contributed by atoms with Crippen molar-refractivity contribution >= 4 is 11.9 Å². The number of ether oxygens (including phenoxy) is 2. The number of carbonyl (C=O) groups excluding carboxylic acids is 2. The van der Waals surface area contributed by atoms with Gasteiger partial charge in [-0.25, -0.2) is 9.59 Å². The molecule has 0 radical (unpaired) electrons. The van der Waals surface area contributed by atoms with E-state index in [9.17, 15) is 9.59 Å². The van der Waals surface area contributed by atoms with Gasteiger partial charge in [-0.1, -0.05) is 46.3 Å². The summed E-state index contributed by atoms with van der Waals surface area (Å²) < 4.78 is 9.83. The lowest BCUT2D eigenvalue weighted by atomic mass is 10.2. The highest BCUT2D eigenvalue weighted by atomic mass is 16.6. The van der Waals surface area contributed by atoms with Crippen LogP contribution in [0, 0.1) is 0 Å². The molecule has 4 heteroatoms. The van der Waals surface area contributed by atoms with Crippen LogP contribution in [0.15, 0.2) is 24.8 Å². The molecule has 0 saturated carbocycles. The van der Waals surface area contributed by atoms with E-state index in [1.807, 2.05) is 27.7 Å². The molecule has 0 amide bonds. The minimum atomic E-state index is -0.398. The van der Waals surface area contributed by atoms with Gasteiger partial charge in [-0.15, -0.1) is 0 Å². The van der Waals surface area contributed by atoms with Crippen molar-refractivity contribution in [1.29, 1.82) is 0 Å². The maximum atomic E-state index is 11.1. The van der Waals surface area contributed by atoms with Gasteiger partial charge in [-0.2, -0.15) is 0 Å². The molecule has 0 unspecified atom stereocenters. The molecule has 128 valence electrons. The van der Waals surface area contributed by atoms with Crippen LogP contribution in [-0.4, -0.2) is 24.1 Å². The molecule has 0 aliphatic heterocycles. The van der Waals surface area contributed by atoms with Crippen LogP contribution in [0.1, 0.15) is 66.7 Å². The fourth-order valence-electron chi connectivity index (χ4n) is 1.28. The number of hydrogen-bond donors (Lipinski definition) is 0. The number of unbranched alkanes of at least 4 members (excludes halogenated alkanes) is 3. The summed E-state index contributed by atoms with van der Waals surface area (Å²) in [5.41, 5.74) is 0.168. The quantitative estimate of drug-likeness (QED) is 0.374. The summed E-state index contributed by atoms with van der Waals surface area (Å²) in [6.07, 6.45) is 6.36. The summed E-state index contributed by atoms with van der Waals surface area (Å²) in [6, 6.07) is 0. The van der Waals surface area contributed by atoms with Gasteiger partial charge in [0.05, 0.1) is 6.61 Å². The molecule has 0 aliphatic rings. The van der Waals surface area contributed by atoms with Gasteiger partial charge < -0.3 is 9.47 Å². The topological polar surface area (TPSA) is 52.6 Å². The van der Waals surface area contributed by atoms with Gasteiger partial charge in [0, 0.05) is 11.6 Å². The van der Waals surface area contributed by atoms with Crippen molar-refractivity contribution < 1.29 is 19.1 Å². The zero-order valence-corrected chi connectivity index (χ0v) is 14.9. The molecular weight excluding hydrogens is 280 g/mol. The lowest BCUT2D eigenvalue weighted by Crippen LogP contribution is -2.22. The van der Waals surface area contributed by atoms with Gasteiger partial charge in [0.15, 0.2) is 0 Å². The Hall–Kier alpha value is -1.58. The van der Waals surface area contributed by atoms with Crippen LogP contribution < -0.4 is 0 Å². The molecular formula is C18H32O4. The van der Waals surface area contributed by atoms with Crippen LogP contribution >= 0.6 is 0 Å². The molecule has 0 aromatic carbocycles. The Labute approximate surface area is 135 Å². The fraction of sp³-hybridized carbons (Fsp3) is 0.667. The van der Waals surface area contributed by atoms with Gasteiger partial charge in [0.25, 0.3) is 0 Å². The average molecular weight is 312 g/mol. The maximum absolute atomic E-state index is 11.1. The van der Waals surface area contributed by atoms with Gasteiger partial charge in [0.2, 0.25) is 0 Å². The second-order valence-electron chi connectivity index (χ2n) is 5.89. The van der Waals surface area contributed by atoms with Crippen LogP contribution in [0.5, 0.6) is 0 Å². The van der Waals surface area contributed by atoms with Crippen molar-refractivity contribution in [3.05, 3.63) is 24.8 Å².